The molecule has 0 spiro atoms. The summed E-state index contributed by atoms with van der Waals surface area (Å²) in [5.41, 5.74) is 1.15. The Morgan fingerprint density at radius 3 is 2.25 bits per heavy atom. The molecule has 8 heteroatoms. The maximum atomic E-state index is 12.9. The summed E-state index contributed by atoms with van der Waals surface area (Å²) in [5.74, 6) is -1.98. The first-order valence-corrected chi connectivity index (χ1v) is 4.02. The predicted molar refractivity (Wildman–Crippen MR) is 42.0 cm³/mol. The molecule has 90 valence electrons. The lowest BCUT2D eigenvalue weighted by Crippen LogP contribution is -2.16. The van der Waals surface area contributed by atoms with Crippen molar-refractivity contribution in [1.82, 2.24) is 4.98 Å². The van der Waals surface area contributed by atoms with Crippen LogP contribution in [0.25, 0.3) is 0 Å². The number of nitrogens with two attached hydrogens (primary N) is 1. The second-order valence-corrected chi connectivity index (χ2v) is 2.87. The number of hydrogen-bond acceptors (Lipinski definition) is 2. The average Bonchev–Trinajstić information content (AvgIpc) is 2.14. The van der Waals surface area contributed by atoms with Crippen LogP contribution in [0.4, 0.5) is 26.3 Å². The molecule has 1 heterocycles. The van der Waals surface area contributed by atoms with Crippen molar-refractivity contribution >= 4 is 0 Å². The van der Waals surface area contributed by atoms with Gasteiger partial charge in [-0.25, -0.2) is 13.8 Å². The minimum Gasteiger partial charge on any atom is -0.325 e. The van der Waals surface area contributed by atoms with Crippen molar-refractivity contribution < 1.29 is 26.3 Å². The summed E-state index contributed by atoms with van der Waals surface area (Å²) >= 11 is 0. The minimum atomic E-state index is -5.21. The van der Waals surface area contributed by atoms with Gasteiger partial charge >= 0.3 is 6.18 Å². The van der Waals surface area contributed by atoms with E-state index in [9.17, 15) is 26.3 Å². The van der Waals surface area contributed by atoms with Crippen molar-refractivity contribution in [3.8, 4) is 0 Å². The van der Waals surface area contributed by atoms with Gasteiger partial charge in [-0.1, -0.05) is 0 Å². The zero-order chi connectivity index (χ0) is 12.5. The highest BCUT2D eigenvalue weighted by Crippen LogP contribution is 2.37. The highest BCUT2D eigenvalue weighted by atomic mass is 19.4. The van der Waals surface area contributed by atoms with Crippen molar-refractivity contribution in [1.29, 1.82) is 0 Å². The van der Waals surface area contributed by atoms with Gasteiger partial charge in [0.2, 0.25) is 5.95 Å². The van der Waals surface area contributed by atoms with Crippen LogP contribution in [0, 0.1) is 5.95 Å². The number of alkyl halides is 5. The van der Waals surface area contributed by atoms with Crippen LogP contribution in [0.3, 0.4) is 0 Å². The average molecular weight is 244 g/mol. The molecule has 0 aromatic carbocycles. The Kier molecular flexibility index (Phi) is 3.41. The predicted octanol–water partition coefficient (Wildman–Crippen LogP) is 2.64. The Balaban J connectivity index is 3.46. The summed E-state index contributed by atoms with van der Waals surface area (Å²) in [4.78, 5) is 2.86. The van der Waals surface area contributed by atoms with Gasteiger partial charge in [0.25, 0.3) is 6.43 Å². The van der Waals surface area contributed by atoms with Crippen molar-refractivity contribution in [2.24, 2.45) is 5.73 Å². The lowest BCUT2D eigenvalue weighted by molar-refractivity contribution is -0.142. The molecular formula is C8H6F6N2. The Bertz CT molecular complexity index is 387. The number of nitrogens with zero attached hydrogens (tertiary/aromatic N) is 1. The second-order valence-electron chi connectivity index (χ2n) is 2.87. The third kappa shape index (κ3) is 2.43. The van der Waals surface area contributed by atoms with Crippen LogP contribution < -0.4 is 5.73 Å². The summed E-state index contributed by atoms with van der Waals surface area (Å²) in [6.07, 6.45) is -8.66. The van der Waals surface area contributed by atoms with Crippen LogP contribution >= 0.6 is 0 Å². The van der Waals surface area contributed by atoms with Crippen molar-refractivity contribution in [3.63, 3.8) is 0 Å². The monoisotopic (exact) mass is 244 g/mol. The normalized spacial score (nSPS) is 12.2. The Morgan fingerprint density at radius 2 is 1.88 bits per heavy atom. The molecule has 0 unspecified atom stereocenters. The van der Waals surface area contributed by atoms with Crippen molar-refractivity contribution in [3.05, 3.63) is 28.8 Å². The maximum Gasteiger partial charge on any atom is 0.421 e. The van der Waals surface area contributed by atoms with E-state index in [0.717, 1.165) is 0 Å². The molecule has 0 aliphatic rings. The standard InChI is InChI=1S/C8H6F6N2/c9-6(10)4-1-3(2-15)16-7(11)5(4)8(12,13)14/h1,6H,2,15H2. The zero-order valence-electron chi connectivity index (χ0n) is 7.65. The number of halogens is 6. The van der Waals surface area contributed by atoms with Gasteiger partial charge in [-0.05, 0) is 6.07 Å². The van der Waals surface area contributed by atoms with E-state index in [-0.39, 0.29) is 5.69 Å². The SMILES string of the molecule is NCc1cc(C(F)F)c(C(F)(F)F)c(F)n1. The van der Waals surface area contributed by atoms with Gasteiger partial charge in [0.05, 0.1) is 5.69 Å². The third-order valence-electron chi connectivity index (χ3n) is 1.79. The molecule has 0 atom stereocenters. The van der Waals surface area contributed by atoms with Gasteiger partial charge in [0, 0.05) is 12.1 Å². The first kappa shape index (κ1) is 12.8. The fourth-order valence-electron chi connectivity index (χ4n) is 1.14. The summed E-state index contributed by atoms with van der Waals surface area (Å²) < 4.78 is 74.4. The summed E-state index contributed by atoms with van der Waals surface area (Å²) in [6.45, 7) is -0.422. The molecule has 0 saturated heterocycles. The smallest absolute Gasteiger partial charge is 0.325 e. The summed E-state index contributed by atoms with van der Waals surface area (Å²) in [6, 6.07) is 0.455. The van der Waals surface area contributed by atoms with Crippen LogP contribution in [-0.4, -0.2) is 4.98 Å². The number of hydrogen-bond donors (Lipinski definition) is 1. The molecular weight excluding hydrogens is 238 g/mol. The molecule has 16 heavy (non-hydrogen) atoms. The van der Waals surface area contributed by atoms with Crippen LogP contribution in [0.2, 0.25) is 0 Å². The van der Waals surface area contributed by atoms with E-state index in [0.29, 0.717) is 6.07 Å². The molecule has 1 aromatic heterocycles. The highest BCUT2D eigenvalue weighted by molar-refractivity contribution is 5.31. The Hall–Kier alpha value is -1.31. The molecule has 2 nitrogen and oxygen atoms in total. The van der Waals surface area contributed by atoms with E-state index in [1.165, 1.54) is 0 Å². The fraction of sp³-hybridized carbons (Fsp3) is 0.375. The third-order valence-corrected chi connectivity index (χ3v) is 1.79. The molecule has 0 bridgehead atoms. The van der Waals surface area contributed by atoms with Gasteiger partial charge in [-0.15, -0.1) is 0 Å². The number of aromatic nitrogens is 1. The molecule has 0 amide bonds. The van der Waals surface area contributed by atoms with Gasteiger partial charge in [-0.2, -0.15) is 17.6 Å². The number of pyridine rings is 1. The van der Waals surface area contributed by atoms with Crippen LogP contribution in [0.5, 0.6) is 0 Å². The summed E-state index contributed by atoms with van der Waals surface area (Å²) in [5, 5.41) is 0. The molecule has 0 fully saturated rings. The summed E-state index contributed by atoms with van der Waals surface area (Å²) in [7, 11) is 0. The van der Waals surface area contributed by atoms with Crippen molar-refractivity contribution in [2.75, 3.05) is 0 Å². The van der Waals surface area contributed by atoms with E-state index >= 15 is 0 Å². The molecule has 0 aliphatic carbocycles. The van der Waals surface area contributed by atoms with Crippen LogP contribution in [-0.2, 0) is 12.7 Å². The minimum absolute atomic E-state index is 0.360. The molecule has 0 radical (unpaired) electrons. The van der Waals surface area contributed by atoms with E-state index in [1.54, 1.807) is 0 Å². The van der Waals surface area contributed by atoms with Gasteiger partial charge in [-0.3, -0.25) is 0 Å². The molecule has 0 aliphatic heterocycles. The molecule has 0 saturated carbocycles. The van der Waals surface area contributed by atoms with E-state index < -0.39 is 36.2 Å². The molecule has 1 aromatic rings. The topological polar surface area (TPSA) is 38.9 Å². The van der Waals surface area contributed by atoms with Crippen LogP contribution in [0.15, 0.2) is 6.07 Å². The van der Waals surface area contributed by atoms with E-state index in [2.05, 4.69) is 4.98 Å². The number of rotatable bonds is 2. The first-order valence-electron chi connectivity index (χ1n) is 4.02. The van der Waals surface area contributed by atoms with Crippen molar-refractivity contribution in [2.45, 2.75) is 19.1 Å². The molecule has 1 rings (SSSR count). The Morgan fingerprint density at radius 1 is 1.31 bits per heavy atom. The van der Waals surface area contributed by atoms with E-state index in [4.69, 9.17) is 5.73 Å². The fourth-order valence-corrected chi connectivity index (χ4v) is 1.14. The lowest BCUT2D eigenvalue weighted by Gasteiger charge is -2.13. The Labute approximate surface area is 86.1 Å². The van der Waals surface area contributed by atoms with Gasteiger partial charge in [0.15, 0.2) is 0 Å². The second kappa shape index (κ2) is 4.28. The zero-order valence-corrected chi connectivity index (χ0v) is 7.65. The maximum absolute atomic E-state index is 12.9. The van der Waals surface area contributed by atoms with Gasteiger partial charge in [0.1, 0.15) is 5.56 Å². The largest absolute Gasteiger partial charge is 0.421 e. The quantitative estimate of drug-likeness (QED) is 0.641. The first-order chi connectivity index (χ1) is 7.27. The lowest BCUT2D eigenvalue weighted by atomic mass is 10.1. The highest BCUT2D eigenvalue weighted by Gasteiger charge is 2.40. The molecule has 2 N–H and O–H groups in total. The van der Waals surface area contributed by atoms with Crippen LogP contribution in [0.1, 0.15) is 23.2 Å². The van der Waals surface area contributed by atoms with E-state index in [1.807, 2.05) is 0 Å². The van der Waals surface area contributed by atoms with Gasteiger partial charge < -0.3 is 5.73 Å².